The molecule has 0 fully saturated rings. The minimum atomic E-state index is 0.00281. The van der Waals surface area contributed by atoms with Crippen molar-refractivity contribution in [2.24, 2.45) is 5.73 Å². The summed E-state index contributed by atoms with van der Waals surface area (Å²) in [5.41, 5.74) is 9.89. The number of nitrogens with one attached hydrogen (secondary N) is 1. The second-order valence-electron chi connectivity index (χ2n) is 5.24. The molecular weight excluding hydrogens is 356 g/mol. The fourth-order valence-electron chi connectivity index (χ4n) is 2.84. The fourth-order valence-corrected chi connectivity index (χ4v) is 4.17. The Balaban J connectivity index is 0. The van der Waals surface area contributed by atoms with Crippen LogP contribution in [0.4, 0.5) is 5.00 Å². The SMILES string of the molecule is C=O.CC.CC.CC(=O)Nc1sc2c(c1C)CC(C)c1ccccc1-2.CN. The maximum atomic E-state index is 11.3. The van der Waals surface area contributed by atoms with Gasteiger partial charge in [0.05, 0.1) is 5.00 Å². The van der Waals surface area contributed by atoms with Gasteiger partial charge in [-0.2, -0.15) is 0 Å². The van der Waals surface area contributed by atoms with E-state index in [2.05, 4.69) is 49.2 Å². The Morgan fingerprint density at radius 1 is 1.15 bits per heavy atom. The molecule has 3 N–H and O–H groups in total. The summed E-state index contributed by atoms with van der Waals surface area (Å²) in [7, 11) is 1.50. The lowest BCUT2D eigenvalue weighted by molar-refractivity contribution is -0.114. The van der Waals surface area contributed by atoms with Crippen molar-refractivity contribution < 1.29 is 9.59 Å². The molecule has 4 nitrogen and oxygen atoms in total. The number of fused-ring (bicyclic) bond motifs is 3. The molecule has 27 heavy (non-hydrogen) atoms. The molecule has 0 spiro atoms. The monoisotopic (exact) mass is 392 g/mol. The molecule has 0 radical (unpaired) electrons. The van der Waals surface area contributed by atoms with E-state index in [1.54, 1.807) is 18.3 Å². The normalized spacial score (nSPS) is 12.6. The number of hydrogen-bond acceptors (Lipinski definition) is 4. The Hall–Kier alpha value is -1.98. The average Bonchev–Trinajstić information content (AvgIpc) is 3.04. The van der Waals surface area contributed by atoms with Crippen LogP contribution in [0.25, 0.3) is 10.4 Å². The first-order chi connectivity index (χ1) is 13.1. The molecular formula is C22H36N2O2S. The minimum absolute atomic E-state index is 0.00281. The van der Waals surface area contributed by atoms with Gasteiger partial charge in [0.1, 0.15) is 6.79 Å². The van der Waals surface area contributed by atoms with E-state index >= 15 is 0 Å². The smallest absolute Gasteiger partial charge is 0.221 e. The number of carbonyl (C=O) groups excluding carboxylic acids is 2. The van der Waals surface area contributed by atoms with Crippen LogP contribution in [0.2, 0.25) is 0 Å². The Bertz CT molecular complexity index is 681. The summed E-state index contributed by atoms with van der Waals surface area (Å²) in [6, 6.07) is 8.61. The van der Waals surface area contributed by atoms with Gasteiger partial charge in [-0.25, -0.2) is 0 Å². The molecule has 0 saturated carbocycles. The lowest BCUT2D eigenvalue weighted by Gasteiger charge is -2.22. The van der Waals surface area contributed by atoms with Gasteiger partial charge in [-0.15, -0.1) is 11.3 Å². The predicted molar refractivity (Wildman–Crippen MR) is 121 cm³/mol. The average molecular weight is 393 g/mol. The fraction of sp³-hybridized carbons (Fsp3) is 0.455. The summed E-state index contributed by atoms with van der Waals surface area (Å²) in [5, 5.41) is 3.96. The van der Waals surface area contributed by atoms with Gasteiger partial charge in [0.15, 0.2) is 0 Å². The first-order valence-electron chi connectivity index (χ1n) is 9.43. The molecule has 1 amide bonds. The van der Waals surface area contributed by atoms with E-state index in [1.807, 2.05) is 34.5 Å². The highest BCUT2D eigenvalue weighted by atomic mass is 32.1. The molecule has 1 atom stereocenters. The number of anilines is 1. The number of amides is 1. The van der Waals surface area contributed by atoms with E-state index in [1.165, 1.54) is 34.2 Å². The van der Waals surface area contributed by atoms with Crippen LogP contribution in [-0.2, 0) is 16.0 Å². The highest BCUT2D eigenvalue weighted by molar-refractivity contribution is 7.20. The van der Waals surface area contributed by atoms with Crippen molar-refractivity contribution in [2.45, 2.75) is 60.8 Å². The number of nitrogens with two attached hydrogens (primary N) is 1. The topological polar surface area (TPSA) is 72.2 Å². The molecule has 1 unspecified atom stereocenters. The summed E-state index contributed by atoms with van der Waals surface area (Å²) in [6.07, 6.45) is 1.06. The van der Waals surface area contributed by atoms with Crippen molar-refractivity contribution in [2.75, 3.05) is 12.4 Å². The molecule has 1 aliphatic carbocycles. The summed E-state index contributed by atoms with van der Waals surface area (Å²) in [5.74, 6) is 0.546. The molecule has 3 rings (SSSR count). The second kappa shape index (κ2) is 15.1. The Labute approximate surface area is 169 Å². The Kier molecular flexibility index (Phi) is 15.2. The van der Waals surface area contributed by atoms with Gasteiger partial charge in [0, 0.05) is 11.8 Å². The molecule has 0 saturated heterocycles. The largest absolute Gasteiger partial charge is 0.333 e. The zero-order chi connectivity index (χ0) is 21.6. The molecule has 1 aromatic heterocycles. The zero-order valence-corrected chi connectivity index (χ0v) is 18.9. The van der Waals surface area contributed by atoms with E-state index in [9.17, 15) is 4.79 Å². The summed E-state index contributed by atoms with van der Waals surface area (Å²) in [4.78, 5) is 20.6. The van der Waals surface area contributed by atoms with Gasteiger partial charge in [0.25, 0.3) is 0 Å². The number of thiophene rings is 1. The van der Waals surface area contributed by atoms with E-state index in [4.69, 9.17) is 4.79 Å². The van der Waals surface area contributed by atoms with Gasteiger partial charge in [-0.05, 0) is 48.6 Å². The lowest BCUT2D eigenvalue weighted by Crippen LogP contribution is -2.08. The molecule has 1 heterocycles. The maximum absolute atomic E-state index is 11.3. The van der Waals surface area contributed by atoms with Crippen LogP contribution in [0.1, 0.15) is 64.2 Å². The van der Waals surface area contributed by atoms with E-state index in [-0.39, 0.29) is 5.91 Å². The quantitative estimate of drug-likeness (QED) is 0.646. The van der Waals surface area contributed by atoms with Crippen LogP contribution in [-0.4, -0.2) is 19.7 Å². The number of rotatable bonds is 1. The first-order valence-corrected chi connectivity index (χ1v) is 10.3. The standard InChI is InChI=1S/C16H17NOS.2C2H6.CH5N.CH2O/c1-9-8-14-10(2)16(17-11(3)18)19-15(14)13-7-5-4-6-12(9)13;4*1-2/h4-7,9H,8H2,1-3H3,(H,17,18);2*1-2H3;2H2,1H3;1H2. The van der Waals surface area contributed by atoms with Crippen molar-refractivity contribution in [1.82, 2.24) is 0 Å². The molecule has 0 aliphatic heterocycles. The van der Waals surface area contributed by atoms with Crippen LogP contribution in [0, 0.1) is 6.92 Å². The van der Waals surface area contributed by atoms with Crippen LogP contribution in [0.5, 0.6) is 0 Å². The van der Waals surface area contributed by atoms with Crippen molar-refractivity contribution >= 4 is 29.0 Å². The Morgan fingerprint density at radius 3 is 2.19 bits per heavy atom. The van der Waals surface area contributed by atoms with Gasteiger partial charge in [-0.3, -0.25) is 4.79 Å². The number of carbonyl (C=O) groups is 2. The third kappa shape index (κ3) is 6.92. The maximum Gasteiger partial charge on any atom is 0.221 e. The van der Waals surface area contributed by atoms with Crippen molar-refractivity contribution in [3.63, 3.8) is 0 Å². The zero-order valence-electron chi connectivity index (χ0n) is 18.1. The minimum Gasteiger partial charge on any atom is -0.333 e. The summed E-state index contributed by atoms with van der Waals surface area (Å²) in [6.45, 7) is 16.0. The highest BCUT2D eigenvalue weighted by Gasteiger charge is 2.26. The highest BCUT2D eigenvalue weighted by Crippen LogP contribution is 2.47. The molecule has 2 aromatic rings. The van der Waals surface area contributed by atoms with Crippen LogP contribution in [0.3, 0.4) is 0 Å². The van der Waals surface area contributed by atoms with Crippen LogP contribution < -0.4 is 11.1 Å². The first kappa shape index (κ1) is 27.2. The second-order valence-corrected chi connectivity index (χ2v) is 6.26. The van der Waals surface area contributed by atoms with E-state index < -0.39 is 0 Å². The third-order valence-electron chi connectivity index (χ3n) is 3.81. The van der Waals surface area contributed by atoms with Crippen molar-refractivity contribution in [3.8, 4) is 10.4 Å². The van der Waals surface area contributed by atoms with Crippen molar-refractivity contribution in [3.05, 3.63) is 41.0 Å². The lowest BCUT2D eigenvalue weighted by atomic mass is 9.82. The van der Waals surface area contributed by atoms with Gasteiger partial charge in [-0.1, -0.05) is 58.9 Å². The molecule has 1 aromatic carbocycles. The van der Waals surface area contributed by atoms with Gasteiger partial charge < -0.3 is 15.8 Å². The van der Waals surface area contributed by atoms with Gasteiger partial charge >= 0.3 is 0 Å². The van der Waals surface area contributed by atoms with Crippen molar-refractivity contribution in [1.29, 1.82) is 0 Å². The summed E-state index contributed by atoms with van der Waals surface area (Å²) >= 11 is 1.70. The van der Waals surface area contributed by atoms with Crippen LogP contribution >= 0.6 is 11.3 Å². The molecule has 1 aliphatic rings. The van der Waals surface area contributed by atoms with Crippen LogP contribution in [0.15, 0.2) is 24.3 Å². The molecule has 152 valence electrons. The Morgan fingerprint density at radius 2 is 1.67 bits per heavy atom. The van der Waals surface area contributed by atoms with E-state index in [0.29, 0.717) is 5.92 Å². The van der Waals surface area contributed by atoms with Gasteiger partial charge in [0.2, 0.25) is 5.91 Å². The van der Waals surface area contributed by atoms with E-state index in [0.717, 1.165) is 11.4 Å². The predicted octanol–water partition coefficient (Wildman–Crippen LogP) is 5.78. The molecule has 0 bridgehead atoms. The number of hydrogen-bond donors (Lipinski definition) is 2. The number of benzene rings is 1. The third-order valence-corrected chi connectivity index (χ3v) is 5.09. The summed E-state index contributed by atoms with van der Waals surface area (Å²) < 4.78 is 0. The molecule has 5 heteroatoms.